The number of aryl methyl sites for hydroxylation is 1. The maximum atomic E-state index is 12.4. The summed E-state index contributed by atoms with van der Waals surface area (Å²) in [5.41, 5.74) is 6.47. The number of rotatable bonds is 7. The van der Waals surface area contributed by atoms with Gasteiger partial charge in [0.05, 0.1) is 4.88 Å². The predicted octanol–water partition coefficient (Wildman–Crippen LogP) is 2.35. The molecule has 1 amide bonds. The van der Waals surface area contributed by atoms with Gasteiger partial charge in [-0.15, -0.1) is 11.3 Å². The van der Waals surface area contributed by atoms with Crippen molar-refractivity contribution in [1.82, 2.24) is 14.9 Å². The van der Waals surface area contributed by atoms with Crippen LogP contribution in [-0.2, 0) is 18.3 Å². The smallest absolute Gasteiger partial charge is 0.261 e. The third-order valence-corrected chi connectivity index (χ3v) is 5.19. The van der Waals surface area contributed by atoms with Gasteiger partial charge in [0.15, 0.2) is 5.82 Å². The van der Waals surface area contributed by atoms with E-state index in [4.69, 9.17) is 5.73 Å². The quantitative estimate of drug-likeness (QED) is 0.608. The van der Waals surface area contributed by atoms with Crippen LogP contribution in [0, 0.1) is 0 Å². The number of aromatic nitrogens is 2. The normalized spacial score (nSPS) is 10.9. The first-order valence-corrected chi connectivity index (χ1v) is 9.27. The third kappa shape index (κ3) is 4.40. The maximum Gasteiger partial charge on any atom is 0.261 e. The number of nitrogen functional groups attached to an aromatic ring is 1. The fraction of sp³-hybridized carbons (Fsp3) is 0.263. The Morgan fingerprint density at radius 3 is 2.70 bits per heavy atom. The number of amides is 1. The van der Waals surface area contributed by atoms with Crippen LogP contribution in [0.4, 0.5) is 5.82 Å². The highest BCUT2D eigenvalue weighted by atomic mass is 32.1. The van der Waals surface area contributed by atoms with Crippen LogP contribution in [0.3, 0.4) is 0 Å². The van der Waals surface area contributed by atoms with Crippen LogP contribution in [0.5, 0.6) is 0 Å². The van der Waals surface area contributed by atoms with E-state index in [9.17, 15) is 14.4 Å². The second kappa shape index (κ2) is 7.71. The molecule has 0 saturated heterocycles. The molecule has 0 atom stereocenters. The molecule has 0 aliphatic rings. The number of nitrogens with zero attached hydrogens (tertiary/aromatic N) is 2. The first-order valence-electron chi connectivity index (χ1n) is 8.45. The van der Waals surface area contributed by atoms with Crippen LogP contribution in [0.2, 0.25) is 0 Å². The van der Waals surface area contributed by atoms with E-state index in [2.05, 4.69) is 10.3 Å². The van der Waals surface area contributed by atoms with Gasteiger partial charge >= 0.3 is 0 Å². The van der Waals surface area contributed by atoms with Gasteiger partial charge in [0.1, 0.15) is 11.6 Å². The molecule has 8 heteroatoms. The van der Waals surface area contributed by atoms with Crippen molar-refractivity contribution >= 4 is 44.7 Å². The molecule has 2 aromatic heterocycles. The summed E-state index contributed by atoms with van der Waals surface area (Å²) in [6.45, 7) is 1.82. The van der Waals surface area contributed by atoms with Crippen molar-refractivity contribution < 1.29 is 14.4 Å². The van der Waals surface area contributed by atoms with E-state index in [1.807, 2.05) is 18.2 Å². The van der Waals surface area contributed by atoms with Gasteiger partial charge < -0.3 is 15.6 Å². The van der Waals surface area contributed by atoms with E-state index in [-0.39, 0.29) is 23.9 Å². The Morgan fingerprint density at radius 2 is 2.04 bits per heavy atom. The van der Waals surface area contributed by atoms with Gasteiger partial charge in [0, 0.05) is 37.3 Å². The van der Waals surface area contributed by atoms with E-state index in [1.165, 1.54) is 18.3 Å². The summed E-state index contributed by atoms with van der Waals surface area (Å²) in [7, 11) is 1.73. The number of nitrogens with one attached hydrogen (secondary N) is 1. The largest absolute Gasteiger partial charge is 0.382 e. The lowest BCUT2D eigenvalue weighted by Gasteiger charge is -2.02. The molecule has 0 radical (unpaired) electrons. The molecule has 0 fully saturated rings. The van der Waals surface area contributed by atoms with Crippen molar-refractivity contribution in [3.8, 4) is 0 Å². The number of hydrogen-bond donors (Lipinski definition) is 2. The van der Waals surface area contributed by atoms with E-state index < -0.39 is 0 Å². The van der Waals surface area contributed by atoms with Gasteiger partial charge in [-0.05, 0) is 36.1 Å². The lowest BCUT2D eigenvalue weighted by molar-refractivity contribution is -0.116. The molecule has 3 aromatic rings. The van der Waals surface area contributed by atoms with Gasteiger partial charge in [-0.2, -0.15) is 0 Å². The Hall–Kier alpha value is -3.00. The average molecular weight is 384 g/mol. The summed E-state index contributed by atoms with van der Waals surface area (Å²) in [6.07, 6.45) is 2.13. The number of nitrogens with two attached hydrogens (primary N) is 1. The second-order valence-corrected chi connectivity index (χ2v) is 7.47. The van der Waals surface area contributed by atoms with Crippen molar-refractivity contribution in [3.63, 3.8) is 0 Å². The van der Waals surface area contributed by atoms with Crippen LogP contribution >= 0.6 is 11.3 Å². The minimum absolute atomic E-state index is 0.0374. The molecule has 7 nitrogen and oxygen atoms in total. The van der Waals surface area contributed by atoms with Crippen molar-refractivity contribution in [1.29, 1.82) is 0 Å². The molecule has 3 rings (SSSR count). The summed E-state index contributed by atoms with van der Waals surface area (Å²) in [6, 6.07) is 7.49. The molecule has 0 spiro atoms. The minimum Gasteiger partial charge on any atom is -0.382 e. The molecule has 0 aliphatic heterocycles. The molecular weight excluding hydrogens is 364 g/mol. The van der Waals surface area contributed by atoms with Gasteiger partial charge in [-0.25, -0.2) is 4.98 Å². The molecule has 27 heavy (non-hydrogen) atoms. The van der Waals surface area contributed by atoms with Crippen LogP contribution in [0.25, 0.3) is 10.1 Å². The molecule has 2 heterocycles. The fourth-order valence-corrected chi connectivity index (χ4v) is 3.73. The number of fused-ring (bicyclic) bond motifs is 1. The molecule has 140 valence electrons. The van der Waals surface area contributed by atoms with E-state index >= 15 is 0 Å². The highest BCUT2D eigenvalue weighted by Gasteiger charge is 2.15. The van der Waals surface area contributed by atoms with Gasteiger partial charge in [-0.3, -0.25) is 14.4 Å². The Morgan fingerprint density at radius 1 is 1.26 bits per heavy atom. The van der Waals surface area contributed by atoms with Gasteiger partial charge in [-0.1, -0.05) is 6.07 Å². The van der Waals surface area contributed by atoms with Crippen LogP contribution < -0.4 is 11.1 Å². The number of carbonyl (C=O) groups excluding carboxylic acids is 3. The van der Waals surface area contributed by atoms with E-state index in [0.29, 0.717) is 29.5 Å². The SMILES string of the molecule is CC(=O)CCNC(=O)c1cc2cc(CC(=O)c3nc(N)cn3C)ccc2s1. The lowest BCUT2D eigenvalue weighted by atomic mass is 10.1. The topological polar surface area (TPSA) is 107 Å². The Kier molecular flexibility index (Phi) is 5.36. The third-order valence-electron chi connectivity index (χ3n) is 4.08. The van der Waals surface area contributed by atoms with Crippen molar-refractivity contribution in [2.45, 2.75) is 19.8 Å². The summed E-state index contributed by atoms with van der Waals surface area (Å²) in [5.74, 6) is 0.359. The number of anilines is 1. The monoisotopic (exact) mass is 384 g/mol. The Labute approximate surface area is 160 Å². The number of imidazole rings is 1. The minimum atomic E-state index is -0.196. The first-order chi connectivity index (χ1) is 12.8. The van der Waals surface area contributed by atoms with Crippen molar-refractivity contribution in [2.24, 2.45) is 7.05 Å². The van der Waals surface area contributed by atoms with E-state index in [0.717, 1.165) is 15.6 Å². The highest BCUT2D eigenvalue weighted by Crippen LogP contribution is 2.27. The summed E-state index contributed by atoms with van der Waals surface area (Å²) in [4.78, 5) is 40.2. The van der Waals surface area contributed by atoms with Crippen molar-refractivity contribution in [2.75, 3.05) is 12.3 Å². The van der Waals surface area contributed by atoms with Crippen molar-refractivity contribution in [3.05, 3.63) is 46.7 Å². The molecule has 0 unspecified atom stereocenters. The number of benzene rings is 1. The summed E-state index contributed by atoms with van der Waals surface area (Å²) in [5, 5.41) is 3.65. The Balaban J connectivity index is 1.73. The van der Waals surface area contributed by atoms with Crippen LogP contribution in [0.15, 0.2) is 30.5 Å². The zero-order chi connectivity index (χ0) is 19.6. The van der Waals surface area contributed by atoms with Crippen LogP contribution in [0.1, 0.15) is 39.2 Å². The molecule has 0 aliphatic carbocycles. The number of ketones is 2. The highest BCUT2D eigenvalue weighted by molar-refractivity contribution is 7.20. The number of thiophene rings is 1. The van der Waals surface area contributed by atoms with Gasteiger partial charge in [0.25, 0.3) is 5.91 Å². The molecule has 0 saturated carbocycles. The molecule has 0 bridgehead atoms. The number of Topliss-reactive ketones (excluding diaryl/α,β-unsaturated/α-hetero) is 2. The second-order valence-electron chi connectivity index (χ2n) is 6.39. The first kappa shape index (κ1) is 18.8. The zero-order valence-electron chi connectivity index (χ0n) is 15.1. The van der Waals surface area contributed by atoms with Crippen LogP contribution in [-0.4, -0.2) is 33.6 Å². The van der Waals surface area contributed by atoms with E-state index in [1.54, 1.807) is 23.9 Å². The fourth-order valence-electron chi connectivity index (χ4n) is 2.77. The summed E-state index contributed by atoms with van der Waals surface area (Å²) >= 11 is 1.38. The summed E-state index contributed by atoms with van der Waals surface area (Å²) < 4.78 is 2.58. The molecular formula is C19H20N4O3S. The Bertz CT molecular complexity index is 1030. The standard InChI is InChI=1S/C19H20N4O3S/c1-11(24)5-6-21-19(26)16-9-13-7-12(3-4-15(13)27-16)8-14(25)18-22-17(20)10-23(18)2/h3-4,7,9-10H,5-6,8,20H2,1-2H3,(H,21,26). The number of carbonyl (C=O) groups is 3. The predicted molar refractivity (Wildman–Crippen MR) is 105 cm³/mol. The van der Waals surface area contributed by atoms with Gasteiger partial charge in [0.2, 0.25) is 5.78 Å². The number of hydrogen-bond acceptors (Lipinski definition) is 6. The zero-order valence-corrected chi connectivity index (χ0v) is 15.9. The molecule has 1 aromatic carbocycles. The average Bonchev–Trinajstić information content (AvgIpc) is 3.16. The molecule has 3 N–H and O–H groups in total. The maximum absolute atomic E-state index is 12.4. The lowest BCUT2D eigenvalue weighted by Crippen LogP contribution is -2.24.